The molecule has 1 aliphatic rings. The highest BCUT2D eigenvalue weighted by Gasteiger charge is 2.19. The largest absolute Gasteiger partial charge is 0.385 e. The van der Waals surface area contributed by atoms with E-state index in [-0.39, 0.29) is 24.0 Å². The summed E-state index contributed by atoms with van der Waals surface area (Å²) in [5.74, 6) is 0.874. The van der Waals surface area contributed by atoms with Gasteiger partial charge in [0.2, 0.25) is 0 Å². The standard InChI is InChI=1S/C17H31N5OS.HI/c1-4-16-20-15(13-24-16)12-19-17(18-2)21-14-6-9-22(10-7-14)8-5-11-23-3;/h13-14H,4-12H2,1-3H3,(H2,18,19,21);1H. The molecule has 1 aromatic rings. The molecule has 25 heavy (non-hydrogen) atoms. The van der Waals surface area contributed by atoms with E-state index >= 15 is 0 Å². The number of methoxy groups -OCH3 is 1. The number of nitrogens with one attached hydrogen (secondary N) is 2. The number of halogens is 1. The van der Waals surface area contributed by atoms with Gasteiger partial charge in [-0.15, -0.1) is 35.3 Å². The van der Waals surface area contributed by atoms with E-state index in [1.165, 1.54) is 5.01 Å². The maximum atomic E-state index is 5.13. The molecule has 1 aliphatic heterocycles. The highest BCUT2D eigenvalue weighted by atomic mass is 127. The Morgan fingerprint density at radius 2 is 2.20 bits per heavy atom. The lowest BCUT2D eigenvalue weighted by Gasteiger charge is -2.33. The molecule has 1 aromatic heterocycles. The van der Waals surface area contributed by atoms with Crippen molar-refractivity contribution in [3.05, 3.63) is 16.1 Å². The third-order valence-electron chi connectivity index (χ3n) is 4.31. The van der Waals surface area contributed by atoms with Gasteiger partial charge >= 0.3 is 0 Å². The number of ether oxygens (including phenoxy) is 1. The molecular weight excluding hydrogens is 449 g/mol. The quantitative estimate of drug-likeness (QED) is 0.259. The molecule has 6 nitrogen and oxygen atoms in total. The summed E-state index contributed by atoms with van der Waals surface area (Å²) in [6, 6.07) is 0.497. The zero-order valence-electron chi connectivity index (χ0n) is 15.6. The number of thiazole rings is 1. The number of aliphatic imine (C=N–C) groups is 1. The molecule has 0 aliphatic carbocycles. The van der Waals surface area contributed by atoms with Gasteiger partial charge in [-0.1, -0.05) is 6.92 Å². The van der Waals surface area contributed by atoms with Crippen molar-refractivity contribution in [1.82, 2.24) is 20.5 Å². The van der Waals surface area contributed by atoms with Crippen molar-refractivity contribution in [2.24, 2.45) is 4.99 Å². The number of likely N-dealkylation sites (tertiary alicyclic amines) is 1. The SMILES string of the molecule is CCc1nc(CNC(=NC)NC2CCN(CCCOC)CC2)cs1.I. The number of aromatic nitrogens is 1. The van der Waals surface area contributed by atoms with E-state index in [2.05, 4.69) is 37.8 Å². The zero-order valence-corrected chi connectivity index (χ0v) is 18.7. The van der Waals surface area contributed by atoms with E-state index in [0.717, 1.165) is 70.1 Å². The van der Waals surface area contributed by atoms with E-state index in [9.17, 15) is 0 Å². The molecule has 2 rings (SSSR count). The first kappa shape index (κ1) is 22.6. The van der Waals surface area contributed by atoms with Gasteiger partial charge in [0.1, 0.15) is 0 Å². The fourth-order valence-electron chi connectivity index (χ4n) is 2.89. The Balaban J connectivity index is 0.00000312. The summed E-state index contributed by atoms with van der Waals surface area (Å²) < 4.78 is 5.13. The average Bonchev–Trinajstić information content (AvgIpc) is 3.08. The lowest BCUT2D eigenvalue weighted by molar-refractivity contribution is 0.155. The van der Waals surface area contributed by atoms with Gasteiger partial charge in [-0.05, 0) is 25.7 Å². The number of aryl methyl sites for hydroxylation is 1. The first-order chi connectivity index (χ1) is 11.7. The summed E-state index contributed by atoms with van der Waals surface area (Å²) in [6.07, 6.45) is 4.43. The van der Waals surface area contributed by atoms with Crippen LogP contribution in [-0.4, -0.2) is 62.3 Å². The lowest BCUT2D eigenvalue weighted by Crippen LogP contribution is -2.48. The molecule has 2 heterocycles. The maximum absolute atomic E-state index is 5.13. The van der Waals surface area contributed by atoms with Gasteiger partial charge in [-0.25, -0.2) is 4.98 Å². The Bertz CT molecular complexity index is 503. The molecule has 2 N–H and O–H groups in total. The van der Waals surface area contributed by atoms with Gasteiger partial charge in [0.05, 0.1) is 17.2 Å². The highest BCUT2D eigenvalue weighted by molar-refractivity contribution is 14.0. The Hall–Kier alpha value is -0.450. The monoisotopic (exact) mass is 481 g/mol. The van der Waals surface area contributed by atoms with Crippen molar-refractivity contribution in [3.63, 3.8) is 0 Å². The van der Waals surface area contributed by atoms with Crippen LogP contribution in [0.3, 0.4) is 0 Å². The maximum Gasteiger partial charge on any atom is 0.191 e. The van der Waals surface area contributed by atoms with Crippen molar-refractivity contribution in [1.29, 1.82) is 0 Å². The third-order valence-corrected chi connectivity index (χ3v) is 5.36. The molecule has 0 unspecified atom stereocenters. The van der Waals surface area contributed by atoms with Gasteiger partial charge in [0, 0.05) is 51.8 Å². The predicted molar refractivity (Wildman–Crippen MR) is 116 cm³/mol. The highest BCUT2D eigenvalue weighted by Crippen LogP contribution is 2.11. The van der Waals surface area contributed by atoms with Crippen LogP contribution < -0.4 is 10.6 Å². The minimum atomic E-state index is 0. The molecule has 0 saturated carbocycles. The van der Waals surface area contributed by atoms with Crippen LogP contribution in [0, 0.1) is 0 Å². The van der Waals surface area contributed by atoms with Crippen LogP contribution in [0.2, 0.25) is 0 Å². The number of guanidine groups is 1. The van der Waals surface area contributed by atoms with Crippen LogP contribution in [0.4, 0.5) is 0 Å². The number of piperidine rings is 1. The first-order valence-electron chi connectivity index (χ1n) is 8.87. The average molecular weight is 481 g/mol. The topological polar surface area (TPSA) is 61.8 Å². The second-order valence-corrected chi connectivity index (χ2v) is 7.06. The second kappa shape index (κ2) is 12.8. The van der Waals surface area contributed by atoms with Gasteiger partial charge < -0.3 is 20.3 Å². The van der Waals surface area contributed by atoms with Crippen molar-refractivity contribution >= 4 is 41.3 Å². The van der Waals surface area contributed by atoms with Crippen LogP contribution in [0.1, 0.15) is 36.9 Å². The van der Waals surface area contributed by atoms with Gasteiger partial charge in [0.15, 0.2) is 5.96 Å². The number of hydrogen-bond acceptors (Lipinski definition) is 5. The molecule has 8 heteroatoms. The van der Waals surface area contributed by atoms with Crippen LogP contribution in [0.5, 0.6) is 0 Å². The van der Waals surface area contributed by atoms with Gasteiger partial charge in [0.25, 0.3) is 0 Å². The number of hydrogen-bond donors (Lipinski definition) is 2. The van der Waals surface area contributed by atoms with Crippen LogP contribution >= 0.6 is 35.3 Å². The minimum Gasteiger partial charge on any atom is -0.385 e. The second-order valence-electron chi connectivity index (χ2n) is 6.12. The fourth-order valence-corrected chi connectivity index (χ4v) is 3.63. The molecular formula is C17H32IN5OS. The Kier molecular flexibility index (Phi) is 11.6. The van der Waals surface area contributed by atoms with Crippen molar-refractivity contribution in [2.45, 2.75) is 45.2 Å². The van der Waals surface area contributed by atoms with E-state index in [1.54, 1.807) is 18.4 Å². The molecule has 1 saturated heterocycles. The van der Waals surface area contributed by atoms with Gasteiger partial charge in [-0.2, -0.15) is 0 Å². The molecule has 0 radical (unpaired) electrons. The molecule has 0 amide bonds. The molecule has 0 bridgehead atoms. The van der Waals surface area contributed by atoms with E-state index in [1.807, 2.05) is 7.05 Å². The predicted octanol–water partition coefficient (Wildman–Crippen LogP) is 2.49. The summed E-state index contributed by atoms with van der Waals surface area (Å²) in [7, 11) is 3.59. The molecule has 0 atom stereocenters. The smallest absolute Gasteiger partial charge is 0.191 e. The Labute approximate surface area is 172 Å². The van der Waals surface area contributed by atoms with E-state index < -0.39 is 0 Å². The summed E-state index contributed by atoms with van der Waals surface area (Å²) in [6.45, 7) is 7.14. The van der Waals surface area contributed by atoms with Crippen LogP contribution in [0.15, 0.2) is 10.4 Å². The minimum absolute atomic E-state index is 0. The van der Waals surface area contributed by atoms with Crippen molar-refractivity contribution in [3.8, 4) is 0 Å². The van der Waals surface area contributed by atoms with E-state index in [0.29, 0.717) is 6.04 Å². The normalized spacial score (nSPS) is 16.5. The summed E-state index contributed by atoms with van der Waals surface area (Å²) in [5.41, 5.74) is 1.09. The zero-order chi connectivity index (χ0) is 17.2. The summed E-state index contributed by atoms with van der Waals surface area (Å²) >= 11 is 1.73. The Morgan fingerprint density at radius 1 is 1.44 bits per heavy atom. The van der Waals surface area contributed by atoms with Crippen molar-refractivity contribution in [2.75, 3.05) is 40.4 Å². The van der Waals surface area contributed by atoms with Crippen LogP contribution in [0.25, 0.3) is 0 Å². The molecule has 0 spiro atoms. The fraction of sp³-hybridized carbons (Fsp3) is 0.765. The number of nitrogens with zero attached hydrogens (tertiary/aromatic N) is 3. The molecule has 1 fully saturated rings. The van der Waals surface area contributed by atoms with Gasteiger partial charge in [-0.3, -0.25) is 4.99 Å². The first-order valence-corrected chi connectivity index (χ1v) is 9.74. The Morgan fingerprint density at radius 3 is 2.80 bits per heavy atom. The van der Waals surface area contributed by atoms with Crippen LogP contribution in [-0.2, 0) is 17.7 Å². The molecule has 144 valence electrons. The molecule has 0 aromatic carbocycles. The summed E-state index contributed by atoms with van der Waals surface area (Å²) in [4.78, 5) is 11.5. The third kappa shape index (κ3) is 8.19. The van der Waals surface area contributed by atoms with Crippen molar-refractivity contribution < 1.29 is 4.74 Å². The van der Waals surface area contributed by atoms with E-state index in [4.69, 9.17) is 4.74 Å². The summed E-state index contributed by atoms with van der Waals surface area (Å²) in [5, 5.41) is 10.2. The lowest BCUT2D eigenvalue weighted by atomic mass is 10.1. The number of rotatable bonds is 8.